The summed E-state index contributed by atoms with van der Waals surface area (Å²) in [6, 6.07) is 12.4. The lowest BCUT2D eigenvalue weighted by Gasteiger charge is -2.46. The monoisotopic (exact) mass is 475 g/mol. The Kier molecular flexibility index (Phi) is 6.67. The van der Waals surface area contributed by atoms with Crippen molar-refractivity contribution in [2.24, 2.45) is 23.7 Å². The zero-order valence-corrected chi connectivity index (χ0v) is 21.3. The molecular formula is C29H37N3O3. The fraction of sp³-hybridized carbons (Fsp3) is 0.552. The van der Waals surface area contributed by atoms with Gasteiger partial charge in [0.2, 0.25) is 5.91 Å². The molecule has 3 aliphatic rings. The Labute approximate surface area is 208 Å². The molecule has 2 aliphatic carbocycles. The zero-order chi connectivity index (χ0) is 24.7. The number of nitrogens with one attached hydrogen (secondary N) is 1. The van der Waals surface area contributed by atoms with Crippen molar-refractivity contribution in [2.45, 2.75) is 58.4 Å². The van der Waals surface area contributed by atoms with Gasteiger partial charge in [-0.25, -0.2) is 0 Å². The van der Waals surface area contributed by atoms with Crippen LogP contribution in [0.15, 0.2) is 36.4 Å². The molecule has 2 aromatic rings. The van der Waals surface area contributed by atoms with Crippen molar-refractivity contribution < 1.29 is 14.3 Å². The molecule has 6 nitrogen and oxygen atoms in total. The van der Waals surface area contributed by atoms with Gasteiger partial charge in [0, 0.05) is 49.3 Å². The molecule has 186 valence electrons. The number of amides is 2. The van der Waals surface area contributed by atoms with Gasteiger partial charge >= 0.3 is 0 Å². The number of methoxy groups -OCH3 is 1. The summed E-state index contributed by atoms with van der Waals surface area (Å²) < 4.78 is 5.07. The smallest absolute Gasteiger partial charge is 0.251 e. The van der Waals surface area contributed by atoms with Gasteiger partial charge in [0.25, 0.3) is 5.91 Å². The lowest BCUT2D eigenvalue weighted by Crippen LogP contribution is -2.50. The summed E-state index contributed by atoms with van der Waals surface area (Å²) in [7, 11) is 1.63. The predicted molar refractivity (Wildman–Crippen MR) is 137 cm³/mol. The molecular weight excluding hydrogens is 438 g/mol. The van der Waals surface area contributed by atoms with Crippen LogP contribution in [-0.2, 0) is 16.0 Å². The highest BCUT2D eigenvalue weighted by atomic mass is 16.5. The molecule has 1 aromatic heterocycles. The highest BCUT2D eigenvalue weighted by Crippen LogP contribution is 2.59. The Morgan fingerprint density at radius 2 is 2.00 bits per heavy atom. The van der Waals surface area contributed by atoms with E-state index in [1.807, 2.05) is 30.0 Å². The minimum Gasteiger partial charge on any atom is -0.383 e. The highest BCUT2D eigenvalue weighted by molar-refractivity contribution is 5.98. The van der Waals surface area contributed by atoms with Gasteiger partial charge in [-0.1, -0.05) is 13.0 Å². The van der Waals surface area contributed by atoms with Gasteiger partial charge in [-0.15, -0.1) is 0 Å². The summed E-state index contributed by atoms with van der Waals surface area (Å²) in [4.78, 5) is 32.5. The minimum absolute atomic E-state index is 0.0914. The van der Waals surface area contributed by atoms with Crippen LogP contribution in [-0.4, -0.2) is 43.1 Å². The van der Waals surface area contributed by atoms with E-state index >= 15 is 0 Å². The standard InChI is InChI=1S/C29H37N3O3/c1-17-6-5-7-23(31-17)14-22-16-24(22)27-18(2)28(20-8-9-20)32(19(3)33)26-11-10-21(15-25(26)27)29(34)30-12-13-35-4/h5-7,10-11,15,18,20,22,24,27-28H,8-9,12-14,16H2,1-4H3,(H,30,34). The number of nitrogens with zero attached hydrogens (tertiary/aromatic N) is 2. The quantitative estimate of drug-likeness (QED) is 0.570. The Hall–Kier alpha value is -2.73. The van der Waals surface area contributed by atoms with E-state index in [0.717, 1.165) is 29.1 Å². The lowest BCUT2D eigenvalue weighted by atomic mass is 9.72. The van der Waals surface area contributed by atoms with E-state index in [4.69, 9.17) is 9.72 Å². The molecule has 0 spiro atoms. The van der Waals surface area contributed by atoms with E-state index in [9.17, 15) is 9.59 Å². The zero-order valence-electron chi connectivity index (χ0n) is 21.3. The number of anilines is 1. The first-order valence-corrected chi connectivity index (χ1v) is 13.0. The third-order valence-electron chi connectivity index (χ3n) is 8.20. The number of pyridine rings is 1. The molecule has 35 heavy (non-hydrogen) atoms. The van der Waals surface area contributed by atoms with Crippen LogP contribution >= 0.6 is 0 Å². The maximum Gasteiger partial charge on any atom is 0.251 e. The summed E-state index contributed by atoms with van der Waals surface area (Å²) in [5.74, 6) is 2.42. The Morgan fingerprint density at radius 1 is 1.20 bits per heavy atom. The number of aryl methyl sites for hydroxylation is 1. The van der Waals surface area contributed by atoms with E-state index in [2.05, 4.69) is 30.4 Å². The molecule has 0 radical (unpaired) electrons. The van der Waals surface area contributed by atoms with Crippen LogP contribution in [0.25, 0.3) is 0 Å². The average molecular weight is 476 g/mol. The van der Waals surface area contributed by atoms with E-state index in [0.29, 0.717) is 48.3 Å². The van der Waals surface area contributed by atoms with Crippen molar-refractivity contribution in [3.05, 3.63) is 58.9 Å². The molecule has 1 N–H and O–H groups in total. The van der Waals surface area contributed by atoms with Gasteiger partial charge in [0.15, 0.2) is 0 Å². The molecule has 6 heteroatoms. The molecule has 5 unspecified atom stereocenters. The van der Waals surface area contributed by atoms with Crippen LogP contribution in [0.2, 0.25) is 0 Å². The summed E-state index contributed by atoms with van der Waals surface area (Å²) in [6.45, 7) is 7.01. The summed E-state index contributed by atoms with van der Waals surface area (Å²) in [5, 5.41) is 2.94. The summed E-state index contributed by atoms with van der Waals surface area (Å²) in [5.41, 5.74) is 5.05. The van der Waals surface area contributed by atoms with Gasteiger partial charge in [-0.05, 0) is 98.1 Å². The van der Waals surface area contributed by atoms with Crippen LogP contribution in [0, 0.1) is 30.6 Å². The van der Waals surface area contributed by atoms with E-state index in [1.54, 1.807) is 14.0 Å². The number of ether oxygens (including phenoxy) is 1. The number of fused-ring (bicyclic) bond motifs is 1. The average Bonchev–Trinajstić information content (AvgIpc) is 3.75. The van der Waals surface area contributed by atoms with Gasteiger partial charge in [-0.2, -0.15) is 0 Å². The van der Waals surface area contributed by atoms with Crippen LogP contribution < -0.4 is 10.2 Å². The van der Waals surface area contributed by atoms with E-state index < -0.39 is 0 Å². The maximum absolute atomic E-state index is 12.9. The van der Waals surface area contributed by atoms with Crippen molar-refractivity contribution in [3.8, 4) is 0 Å². The maximum atomic E-state index is 12.9. The molecule has 2 heterocycles. The first-order valence-electron chi connectivity index (χ1n) is 13.0. The Balaban J connectivity index is 1.47. The molecule has 1 aromatic carbocycles. The van der Waals surface area contributed by atoms with Gasteiger partial charge in [0.05, 0.1) is 6.61 Å². The number of hydrogen-bond acceptors (Lipinski definition) is 4. The fourth-order valence-electron chi connectivity index (χ4n) is 6.45. The van der Waals surface area contributed by atoms with Crippen LogP contribution in [0.1, 0.15) is 66.3 Å². The van der Waals surface area contributed by atoms with Gasteiger partial charge < -0.3 is 15.0 Å². The molecule has 5 rings (SSSR count). The van der Waals surface area contributed by atoms with Crippen molar-refractivity contribution in [1.82, 2.24) is 10.3 Å². The second kappa shape index (κ2) is 9.73. The van der Waals surface area contributed by atoms with Crippen molar-refractivity contribution in [2.75, 3.05) is 25.2 Å². The first kappa shape index (κ1) is 24.0. The molecule has 0 bridgehead atoms. The molecule has 2 fully saturated rings. The number of carbonyl (C=O) groups is 2. The van der Waals surface area contributed by atoms with Crippen molar-refractivity contribution in [1.29, 1.82) is 0 Å². The summed E-state index contributed by atoms with van der Waals surface area (Å²) in [6.07, 6.45) is 4.56. The number of aromatic nitrogens is 1. The second-order valence-electron chi connectivity index (χ2n) is 10.8. The largest absolute Gasteiger partial charge is 0.383 e. The number of benzene rings is 1. The normalized spacial score (nSPS) is 27.3. The third-order valence-corrected chi connectivity index (χ3v) is 8.20. The summed E-state index contributed by atoms with van der Waals surface area (Å²) >= 11 is 0. The second-order valence-corrected chi connectivity index (χ2v) is 10.8. The van der Waals surface area contributed by atoms with Crippen LogP contribution in [0.5, 0.6) is 0 Å². The van der Waals surface area contributed by atoms with E-state index in [-0.39, 0.29) is 17.9 Å². The molecule has 2 amide bonds. The van der Waals surface area contributed by atoms with Gasteiger partial charge in [0.1, 0.15) is 0 Å². The van der Waals surface area contributed by atoms with Crippen LogP contribution in [0.3, 0.4) is 0 Å². The lowest BCUT2D eigenvalue weighted by molar-refractivity contribution is -0.117. The predicted octanol–water partition coefficient (Wildman–Crippen LogP) is 4.51. The Morgan fingerprint density at radius 3 is 2.69 bits per heavy atom. The topological polar surface area (TPSA) is 71.5 Å². The fourth-order valence-corrected chi connectivity index (χ4v) is 6.45. The molecule has 2 saturated carbocycles. The van der Waals surface area contributed by atoms with Gasteiger partial charge in [-0.3, -0.25) is 14.6 Å². The molecule has 1 aliphatic heterocycles. The third kappa shape index (κ3) is 4.86. The van der Waals surface area contributed by atoms with Crippen molar-refractivity contribution >= 4 is 17.5 Å². The highest BCUT2D eigenvalue weighted by Gasteiger charge is 2.54. The number of rotatable bonds is 8. The van der Waals surface area contributed by atoms with Crippen LogP contribution in [0.4, 0.5) is 5.69 Å². The molecule has 0 saturated heterocycles. The van der Waals surface area contributed by atoms with Crippen molar-refractivity contribution in [3.63, 3.8) is 0 Å². The number of hydrogen-bond donors (Lipinski definition) is 1. The minimum atomic E-state index is -0.0914. The number of carbonyl (C=O) groups excluding carboxylic acids is 2. The van der Waals surface area contributed by atoms with E-state index in [1.165, 1.54) is 19.3 Å². The first-order chi connectivity index (χ1) is 16.9. The molecule has 5 atom stereocenters. The Bertz CT molecular complexity index is 1110. The SMILES string of the molecule is COCCNC(=O)c1ccc2c(c1)C(C1CC1Cc1cccc(C)n1)C(C)C(C1CC1)N2C(C)=O.